The van der Waals surface area contributed by atoms with Crippen LogP contribution in [0.3, 0.4) is 0 Å². The van der Waals surface area contributed by atoms with Crippen molar-refractivity contribution < 1.29 is 24.2 Å². The Morgan fingerprint density at radius 2 is 1.66 bits per heavy atom. The summed E-state index contributed by atoms with van der Waals surface area (Å²) in [5, 5.41) is 12.1. The number of likely N-dealkylation sites (tertiary alicyclic amines) is 1. The van der Waals surface area contributed by atoms with Gasteiger partial charge in [0.05, 0.1) is 5.92 Å². The first kappa shape index (κ1) is 20.5. The van der Waals surface area contributed by atoms with Gasteiger partial charge < -0.3 is 20.1 Å². The molecule has 1 heterocycles. The van der Waals surface area contributed by atoms with Gasteiger partial charge in [-0.25, -0.2) is 4.79 Å². The van der Waals surface area contributed by atoms with Crippen LogP contribution in [0.25, 0.3) is 11.1 Å². The number of alkyl carbamates (subject to hydrolysis) is 1. The average molecular weight is 434 g/mol. The van der Waals surface area contributed by atoms with Crippen molar-refractivity contribution in [2.75, 3.05) is 19.7 Å². The molecule has 3 aliphatic rings. The molecular formula is C25H26N2O5. The molecule has 0 aromatic heterocycles. The monoisotopic (exact) mass is 434 g/mol. The minimum absolute atomic E-state index is 0.0441. The molecule has 2 aliphatic carbocycles. The Bertz CT molecular complexity index is 1030. The SMILES string of the molecule is O=C(NC1(C(=O)N2CCC[C@H](C(=O)O)C2)CC1)OCC1c2ccccc2-c2ccccc21. The van der Waals surface area contributed by atoms with Crippen LogP contribution in [0, 0.1) is 5.92 Å². The first-order chi connectivity index (χ1) is 15.5. The largest absolute Gasteiger partial charge is 0.481 e. The van der Waals surface area contributed by atoms with Crippen LogP contribution in [-0.2, 0) is 14.3 Å². The fourth-order valence-electron chi connectivity index (χ4n) is 5.01. The second-order valence-electron chi connectivity index (χ2n) is 8.96. The van der Waals surface area contributed by atoms with Gasteiger partial charge in [-0.05, 0) is 47.9 Å². The van der Waals surface area contributed by atoms with Crippen LogP contribution in [0.1, 0.15) is 42.7 Å². The Labute approximate surface area is 186 Å². The van der Waals surface area contributed by atoms with E-state index >= 15 is 0 Å². The molecule has 7 nitrogen and oxygen atoms in total. The van der Waals surface area contributed by atoms with Crippen molar-refractivity contribution in [2.45, 2.75) is 37.1 Å². The van der Waals surface area contributed by atoms with Crippen molar-refractivity contribution in [3.8, 4) is 11.1 Å². The van der Waals surface area contributed by atoms with Gasteiger partial charge in [0.15, 0.2) is 0 Å². The van der Waals surface area contributed by atoms with Crippen LogP contribution in [0.4, 0.5) is 4.79 Å². The third kappa shape index (κ3) is 3.61. The van der Waals surface area contributed by atoms with E-state index < -0.39 is 23.5 Å². The maximum absolute atomic E-state index is 13.0. The summed E-state index contributed by atoms with van der Waals surface area (Å²) in [6.45, 7) is 0.911. The molecule has 1 saturated heterocycles. The molecule has 1 saturated carbocycles. The lowest BCUT2D eigenvalue weighted by atomic mass is 9.97. The van der Waals surface area contributed by atoms with Crippen LogP contribution in [-0.4, -0.2) is 53.2 Å². The Morgan fingerprint density at radius 3 is 2.25 bits per heavy atom. The molecule has 1 atom stereocenters. The fraction of sp³-hybridized carbons (Fsp3) is 0.400. The predicted molar refractivity (Wildman–Crippen MR) is 117 cm³/mol. The molecule has 0 bridgehead atoms. The van der Waals surface area contributed by atoms with Crippen molar-refractivity contribution in [2.24, 2.45) is 5.92 Å². The van der Waals surface area contributed by atoms with E-state index in [2.05, 4.69) is 29.6 Å². The molecule has 166 valence electrons. The van der Waals surface area contributed by atoms with Gasteiger partial charge in [-0.3, -0.25) is 9.59 Å². The number of rotatable bonds is 5. The minimum atomic E-state index is -0.955. The molecule has 2 aromatic rings. The summed E-state index contributed by atoms with van der Waals surface area (Å²) >= 11 is 0. The molecule has 0 spiro atoms. The number of aliphatic carboxylic acids is 1. The summed E-state index contributed by atoms with van der Waals surface area (Å²) in [7, 11) is 0. The van der Waals surface area contributed by atoms with Gasteiger partial charge in [0.2, 0.25) is 5.91 Å². The molecule has 1 aliphatic heterocycles. The predicted octanol–water partition coefficient (Wildman–Crippen LogP) is 3.38. The molecular weight excluding hydrogens is 408 g/mol. The number of amides is 2. The van der Waals surface area contributed by atoms with Gasteiger partial charge in [0.25, 0.3) is 0 Å². The summed E-state index contributed by atoms with van der Waals surface area (Å²) in [6.07, 6.45) is 1.72. The number of carbonyl (C=O) groups excluding carboxylic acids is 2. The second kappa shape index (κ2) is 7.97. The number of nitrogens with zero attached hydrogens (tertiary/aromatic N) is 1. The zero-order valence-corrected chi connectivity index (χ0v) is 17.8. The molecule has 32 heavy (non-hydrogen) atoms. The summed E-state index contributed by atoms with van der Waals surface area (Å²) in [4.78, 5) is 38.6. The fourth-order valence-corrected chi connectivity index (χ4v) is 5.01. The standard InChI is InChI=1S/C25H26N2O5/c28-22(29)16-6-5-13-27(14-16)23(30)25(11-12-25)26-24(31)32-15-21-19-9-3-1-7-17(19)18-8-2-4-10-20(18)21/h1-4,7-10,16,21H,5-6,11-15H2,(H,26,31)(H,28,29)/t16-/m0/s1. The second-order valence-corrected chi connectivity index (χ2v) is 8.96. The summed E-state index contributed by atoms with van der Waals surface area (Å²) in [5.74, 6) is -1.66. The van der Waals surface area contributed by atoms with E-state index in [1.54, 1.807) is 4.90 Å². The normalized spacial score (nSPS) is 20.8. The van der Waals surface area contributed by atoms with Crippen molar-refractivity contribution in [1.29, 1.82) is 0 Å². The highest BCUT2D eigenvalue weighted by Gasteiger charge is 2.54. The van der Waals surface area contributed by atoms with Gasteiger partial charge in [0.1, 0.15) is 12.1 Å². The van der Waals surface area contributed by atoms with E-state index in [9.17, 15) is 19.5 Å². The Kier molecular flexibility index (Phi) is 5.12. The highest BCUT2D eigenvalue weighted by atomic mass is 16.5. The molecule has 2 aromatic carbocycles. The molecule has 0 radical (unpaired) electrons. The highest BCUT2D eigenvalue weighted by Crippen LogP contribution is 2.44. The molecule has 5 rings (SSSR count). The van der Waals surface area contributed by atoms with E-state index in [1.165, 1.54) is 0 Å². The van der Waals surface area contributed by atoms with E-state index in [0.29, 0.717) is 32.2 Å². The van der Waals surface area contributed by atoms with E-state index in [-0.39, 0.29) is 25.0 Å². The number of fused-ring (bicyclic) bond motifs is 3. The van der Waals surface area contributed by atoms with Gasteiger partial charge in [-0.15, -0.1) is 0 Å². The van der Waals surface area contributed by atoms with Gasteiger partial charge in [-0.2, -0.15) is 0 Å². The Morgan fingerprint density at radius 1 is 1.03 bits per heavy atom. The minimum Gasteiger partial charge on any atom is -0.481 e. The zero-order chi connectivity index (χ0) is 22.3. The van der Waals surface area contributed by atoms with Crippen LogP contribution in [0.2, 0.25) is 0 Å². The lowest BCUT2D eigenvalue weighted by Crippen LogP contribution is -2.54. The number of nitrogens with one attached hydrogen (secondary N) is 1. The third-order valence-corrected chi connectivity index (χ3v) is 6.90. The summed E-state index contributed by atoms with van der Waals surface area (Å²) in [6, 6.07) is 16.2. The molecule has 0 unspecified atom stereocenters. The van der Waals surface area contributed by atoms with Crippen LogP contribution < -0.4 is 5.32 Å². The number of carboxylic acid groups (broad SMARTS) is 1. The van der Waals surface area contributed by atoms with Gasteiger partial charge in [0, 0.05) is 19.0 Å². The maximum Gasteiger partial charge on any atom is 0.408 e. The highest BCUT2D eigenvalue weighted by molar-refractivity contribution is 5.93. The lowest BCUT2D eigenvalue weighted by Gasteiger charge is -2.33. The lowest BCUT2D eigenvalue weighted by molar-refractivity contribution is -0.146. The first-order valence-electron chi connectivity index (χ1n) is 11.1. The van der Waals surface area contributed by atoms with Gasteiger partial charge in [-0.1, -0.05) is 48.5 Å². The number of piperidine rings is 1. The maximum atomic E-state index is 13.0. The topological polar surface area (TPSA) is 95.9 Å². The average Bonchev–Trinajstić information content (AvgIpc) is 3.52. The smallest absolute Gasteiger partial charge is 0.408 e. The third-order valence-electron chi connectivity index (χ3n) is 6.90. The van der Waals surface area contributed by atoms with Crippen molar-refractivity contribution in [1.82, 2.24) is 10.2 Å². The van der Waals surface area contributed by atoms with E-state index in [4.69, 9.17) is 4.74 Å². The number of carbonyl (C=O) groups is 3. The zero-order valence-electron chi connectivity index (χ0n) is 17.8. The molecule has 7 heteroatoms. The molecule has 2 fully saturated rings. The number of benzene rings is 2. The number of hydrogen-bond donors (Lipinski definition) is 2. The summed E-state index contributed by atoms with van der Waals surface area (Å²) < 4.78 is 5.60. The number of hydrogen-bond acceptors (Lipinski definition) is 4. The van der Waals surface area contributed by atoms with E-state index in [0.717, 1.165) is 22.3 Å². The van der Waals surface area contributed by atoms with Crippen LogP contribution in [0.5, 0.6) is 0 Å². The molecule has 2 N–H and O–H groups in total. The quantitative estimate of drug-likeness (QED) is 0.752. The van der Waals surface area contributed by atoms with Crippen molar-refractivity contribution >= 4 is 18.0 Å². The first-order valence-corrected chi connectivity index (χ1v) is 11.1. The number of ether oxygens (including phenoxy) is 1. The van der Waals surface area contributed by atoms with Crippen molar-refractivity contribution in [3.63, 3.8) is 0 Å². The van der Waals surface area contributed by atoms with Gasteiger partial charge >= 0.3 is 12.1 Å². The Hall–Kier alpha value is -3.35. The van der Waals surface area contributed by atoms with E-state index in [1.807, 2.05) is 24.3 Å². The van der Waals surface area contributed by atoms with Crippen molar-refractivity contribution in [3.05, 3.63) is 59.7 Å². The van der Waals surface area contributed by atoms with Crippen LogP contribution >= 0.6 is 0 Å². The summed E-state index contributed by atoms with van der Waals surface area (Å²) in [5.41, 5.74) is 3.62. The molecule has 2 amide bonds. The number of carboxylic acids is 1. The van der Waals surface area contributed by atoms with Crippen LogP contribution in [0.15, 0.2) is 48.5 Å². The Balaban J connectivity index is 1.23.